The van der Waals surface area contributed by atoms with Gasteiger partial charge in [-0.25, -0.2) is 0 Å². The van der Waals surface area contributed by atoms with Gasteiger partial charge in [0.15, 0.2) is 0 Å². The molecular formula is C25H18F3NO5. The van der Waals surface area contributed by atoms with E-state index < -0.39 is 35.2 Å². The van der Waals surface area contributed by atoms with Gasteiger partial charge in [-0.1, -0.05) is 30.3 Å². The Labute approximate surface area is 192 Å². The average molecular weight is 469 g/mol. The van der Waals surface area contributed by atoms with Gasteiger partial charge in [-0.3, -0.25) is 14.5 Å². The van der Waals surface area contributed by atoms with E-state index in [1.165, 1.54) is 43.5 Å². The molecule has 3 aromatic carbocycles. The summed E-state index contributed by atoms with van der Waals surface area (Å²) >= 11 is 0. The molecule has 1 amide bonds. The fraction of sp³-hybridized carbons (Fsp3) is 0.120. The second kappa shape index (κ2) is 8.58. The quantitative estimate of drug-likeness (QED) is 0.317. The van der Waals surface area contributed by atoms with E-state index in [4.69, 9.17) is 4.74 Å². The van der Waals surface area contributed by atoms with Crippen LogP contribution in [0.4, 0.5) is 18.9 Å². The summed E-state index contributed by atoms with van der Waals surface area (Å²) in [7, 11) is 1.37. The number of carbonyl (C=O) groups excluding carboxylic acids is 2. The van der Waals surface area contributed by atoms with E-state index in [9.17, 15) is 33.0 Å². The predicted molar refractivity (Wildman–Crippen MR) is 117 cm³/mol. The van der Waals surface area contributed by atoms with Crippen molar-refractivity contribution in [3.63, 3.8) is 0 Å². The van der Waals surface area contributed by atoms with Crippen LogP contribution in [0.15, 0.2) is 78.4 Å². The molecule has 3 aromatic rings. The standard InChI is InChI=1S/C25H18F3NO5/c1-34-19-8-3-2-7-18(19)22(31)20-21(14-9-11-17(30)12-10-14)29(24(33)23(20)32)16-6-4-5-15(13-16)25(26,27)28/h2-13,21,30-31H,1H3/b22-20+. The number of benzene rings is 3. The second-order valence-corrected chi connectivity index (χ2v) is 7.51. The number of alkyl halides is 3. The number of methoxy groups -OCH3 is 1. The maximum Gasteiger partial charge on any atom is 0.416 e. The van der Waals surface area contributed by atoms with Gasteiger partial charge in [0, 0.05) is 5.69 Å². The lowest BCUT2D eigenvalue weighted by Gasteiger charge is -2.26. The molecule has 0 aliphatic carbocycles. The fourth-order valence-corrected chi connectivity index (χ4v) is 3.89. The summed E-state index contributed by atoms with van der Waals surface area (Å²) in [6, 6.07) is 14.5. The highest BCUT2D eigenvalue weighted by atomic mass is 19.4. The number of anilines is 1. The number of amides is 1. The number of halogens is 3. The SMILES string of the molecule is COc1ccccc1/C(O)=C1\C(=O)C(=O)N(c2cccc(C(F)(F)F)c2)C1c1ccc(O)cc1. The van der Waals surface area contributed by atoms with E-state index in [1.807, 2.05) is 0 Å². The first-order valence-corrected chi connectivity index (χ1v) is 10.0. The summed E-state index contributed by atoms with van der Waals surface area (Å²) in [6.45, 7) is 0. The molecule has 1 unspecified atom stereocenters. The van der Waals surface area contributed by atoms with Gasteiger partial charge in [-0.15, -0.1) is 0 Å². The number of ether oxygens (including phenoxy) is 1. The van der Waals surface area contributed by atoms with Crippen LogP contribution in [-0.4, -0.2) is 29.0 Å². The highest BCUT2D eigenvalue weighted by molar-refractivity contribution is 6.51. The Hall–Kier alpha value is -4.27. The van der Waals surface area contributed by atoms with Crippen molar-refractivity contribution in [2.45, 2.75) is 12.2 Å². The number of hydrogen-bond donors (Lipinski definition) is 2. The van der Waals surface area contributed by atoms with Crippen molar-refractivity contribution in [3.05, 3.63) is 95.1 Å². The van der Waals surface area contributed by atoms with Gasteiger partial charge in [0.1, 0.15) is 17.3 Å². The Morgan fingerprint density at radius 1 is 0.971 bits per heavy atom. The van der Waals surface area contributed by atoms with Crippen LogP contribution in [0.5, 0.6) is 11.5 Å². The second-order valence-electron chi connectivity index (χ2n) is 7.51. The Bertz CT molecular complexity index is 1300. The molecule has 1 aliphatic heterocycles. The number of Topliss-reactive ketones (excluding diaryl/α,β-unsaturated/α-hetero) is 1. The Morgan fingerprint density at radius 2 is 1.65 bits per heavy atom. The van der Waals surface area contributed by atoms with Crippen molar-refractivity contribution < 1.29 is 37.7 Å². The van der Waals surface area contributed by atoms with Crippen molar-refractivity contribution in [3.8, 4) is 11.5 Å². The monoisotopic (exact) mass is 469 g/mol. The smallest absolute Gasteiger partial charge is 0.416 e. The Balaban J connectivity index is 1.97. The minimum Gasteiger partial charge on any atom is -0.508 e. The molecule has 1 heterocycles. The van der Waals surface area contributed by atoms with Crippen LogP contribution in [0.2, 0.25) is 0 Å². The molecule has 0 spiro atoms. The van der Waals surface area contributed by atoms with Crippen LogP contribution in [0.1, 0.15) is 22.7 Å². The van der Waals surface area contributed by atoms with Crippen LogP contribution >= 0.6 is 0 Å². The largest absolute Gasteiger partial charge is 0.508 e. The van der Waals surface area contributed by atoms with Crippen molar-refractivity contribution in [1.29, 1.82) is 0 Å². The van der Waals surface area contributed by atoms with Crippen molar-refractivity contribution in [1.82, 2.24) is 0 Å². The first-order chi connectivity index (χ1) is 16.1. The third-order valence-corrected chi connectivity index (χ3v) is 5.47. The van der Waals surface area contributed by atoms with E-state index in [-0.39, 0.29) is 28.3 Å². The fourth-order valence-electron chi connectivity index (χ4n) is 3.89. The molecule has 0 bridgehead atoms. The highest BCUT2D eigenvalue weighted by Gasteiger charge is 2.47. The number of rotatable bonds is 4. The molecule has 0 radical (unpaired) electrons. The number of carbonyl (C=O) groups is 2. The van der Waals surface area contributed by atoms with Gasteiger partial charge in [0.05, 0.1) is 29.9 Å². The number of ketones is 1. The Kier molecular flexibility index (Phi) is 5.78. The maximum absolute atomic E-state index is 13.3. The van der Waals surface area contributed by atoms with Crippen molar-refractivity contribution >= 4 is 23.1 Å². The summed E-state index contributed by atoms with van der Waals surface area (Å²) < 4.78 is 45.3. The zero-order valence-electron chi connectivity index (χ0n) is 17.7. The number of aromatic hydroxyl groups is 1. The van der Waals surface area contributed by atoms with Crippen LogP contribution in [0, 0.1) is 0 Å². The highest BCUT2D eigenvalue weighted by Crippen LogP contribution is 2.44. The summed E-state index contributed by atoms with van der Waals surface area (Å²) in [5.41, 5.74) is -1.06. The summed E-state index contributed by atoms with van der Waals surface area (Å²) in [4.78, 5) is 27.1. The van der Waals surface area contributed by atoms with Crippen LogP contribution in [0.3, 0.4) is 0 Å². The zero-order chi connectivity index (χ0) is 24.6. The minimum atomic E-state index is -4.67. The van der Waals surface area contributed by atoms with E-state index >= 15 is 0 Å². The van der Waals surface area contributed by atoms with Gasteiger partial charge in [0.2, 0.25) is 0 Å². The first-order valence-electron chi connectivity index (χ1n) is 10.0. The number of phenolic OH excluding ortho intramolecular Hbond substituents is 1. The third kappa shape index (κ3) is 3.96. The minimum absolute atomic E-state index is 0.0931. The molecule has 4 rings (SSSR count). The molecule has 1 aliphatic rings. The van der Waals surface area contributed by atoms with Crippen LogP contribution in [-0.2, 0) is 15.8 Å². The average Bonchev–Trinajstić information content (AvgIpc) is 3.09. The molecule has 1 atom stereocenters. The van der Waals surface area contributed by atoms with Crippen LogP contribution in [0.25, 0.3) is 5.76 Å². The molecule has 1 fully saturated rings. The lowest BCUT2D eigenvalue weighted by atomic mass is 9.94. The molecular weight excluding hydrogens is 451 g/mol. The number of aliphatic hydroxyl groups is 1. The van der Waals surface area contributed by atoms with Crippen LogP contribution < -0.4 is 9.64 Å². The summed E-state index contributed by atoms with van der Waals surface area (Å²) in [5, 5.41) is 20.8. The molecule has 6 nitrogen and oxygen atoms in total. The summed E-state index contributed by atoms with van der Waals surface area (Å²) in [6.07, 6.45) is -4.67. The molecule has 0 saturated carbocycles. The van der Waals surface area contributed by atoms with Gasteiger partial charge < -0.3 is 14.9 Å². The lowest BCUT2D eigenvalue weighted by molar-refractivity contribution is -0.137. The van der Waals surface area contributed by atoms with E-state index in [1.54, 1.807) is 18.2 Å². The zero-order valence-corrected chi connectivity index (χ0v) is 17.7. The molecule has 2 N–H and O–H groups in total. The van der Waals surface area contributed by atoms with Crippen molar-refractivity contribution in [2.24, 2.45) is 0 Å². The Morgan fingerprint density at radius 3 is 2.29 bits per heavy atom. The van der Waals surface area contributed by atoms with Gasteiger partial charge >= 0.3 is 6.18 Å². The van der Waals surface area contributed by atoms with Crippen molar-refractivity contribution in [2.75, 3.05) is 12.0 Å². The first kappa shape index (κ1) is 22.9. The molecule has 174 valence electrons. The molecule has 34 heavy (non-hydrogen) atoms. The maximum atomic E-state index is 13.3. The normalized spacial score (nSPS) is 17.8. The van der Waals surface area contributed by atoms with E-state index in [0.717, 1.165) is 23.1 Å². The topological polar surface area (TPSA) is 87.1 Å². The summed E-state index contributed by atoms with van der Waals surface area (Å²) in [5.74, 6) is -2.57. The molecule has 9 heteroatoms. The van der Waals surface area contributed by atoms with E-state index in [2.05, 4.69) is 0 Å². The van der Waals surface area contributed by atoms with Gasteiger partial charge in [0.25, 0.3) is 11.7 Å². The number of phenols is 1. The molecule has 1 saturated heterocycles. The lowest BCUT2D eigenvalue weighted by Crippen LogP contribution is -2.29. The number of aliphatic hydroxyl groups excluding tert-OH is 1. The predicted octanol–water partition coefficient (Wildman–Crippen LogP) is 5.05. The molecule has 0 aromatic heterocycles. The van der Waals surface area contributed by atoms with E-state index in [0.29, 0.717) is 5.56 Å². The van der Waals surface area contributed by atoms with Gasteiger partial charge in [-0.2, -0.15) is 13.2 Å². The third-order valence-electron chi connectivity index (χ3n) is 5.47. The number of hydrogen-bond acceptors (Lipinski definition) is 5. The van der Waals surface area contributed by atoms with Gasteiger partial charge in [-0.05, 0) is 48.0 Å². The number of para-hydroxylation sites is 1. The number of nitrogens with zero attached hydrogens (tertiary/aromatic N) is 1.